The Bertz CT molecular complexity index is 559. The third-order valence-electron chi connectivity index (χ3n) is 3.37. The molecule has 7 heteroatoms. The lowest BCUT2D eigenvalue weighted by molar-refractivity contribution is -0.155. The molecule has 1 aliphatic rings. The molecule has 22 heavy (non-hydrogen) atoms. The minimum absolute atomic E-state index is 0.140. The molecule has 0 saturated carbocycles. The number of benzene rings is 1. The average molecular weight is 327 g/mol. The van der Waals surface area contributed by atoms with Gasteiger partial charge < -0.3 is 20.1 Å². The van der Waals surface area contributed by atoms with Crippen LogP contribution in [0, 0.1) is 0 Å². The highest BCUT2D eigenvalue weighted by molar-refractivity contribution is 6.30. The van der Waals surface area contributed by atoms with Crippen molar-refractivity contribution in [1.82, 2.24) is 4.90 Å². The highest BCUT2D eigenvalue weighted by atomic mass is 35.5. The van der Waals surface area contributed by atoms with Gasteiger partial charge in [-0.1, -0.05) is 11.6 Å². The van der Waals surface area contributed by atoms with Crippen molar-refractivity contribution in [3.63, 3.8) is 0 Å². The minimum atomic E-state index is -1.08. The molecule has 1 aromatic carbocycles. The van der Waals surface area contributed by atoms with Crippen molar-refractivity contribution in [2.24, 2.45) is 5.73 Å². The highest BCUT2D eigenvalue weighted by Crippen LogP contribution is 2.23. The van der Waals surface area contributed by atoms with Crippen LogP contribution in [-0.2, 0) is 14.3 Å². The summed E-state index contributed by atoms with van der Waals surface area (Å²) in [4.78, 5) is 25.4. The van der Waals surface area contributed by atoms with Crippen LogP contribution >= 0.6 is 11.6 Å². The average Bonchev–Trinajstić information content (AvgIpc) is 2.48. The first-order chi connectivity index (χ1) is 10.3. The van der Waals surface area contributed by atoms with Crippen molar-refractivity contribution in [2.45, 2.75) is 25.6 Å². The van der Waals surface area contributed by atoms with E-state index in [1.807, 2.05) is 0 Å². The topological polar surface area (TPSA) is 81.9 Å². The van der Waals surface area contributed by atoms with Gasteiger partial charge in [-0.25, -0.2) is 0 Å². The number of halogens is 1. The van der Waals surface area contributed by atoms with Crippen molar-refractivity contribution in [1.29, 1.82) is 0 Å². The van der Waals surface area contributed by atoms with Gasteiger partial charge in [0, 0.05) is 11.6 Å². The number of ether oxygens (including phenoxy) is 2. The summed E-state index contributed by atoms with van der Waals surface area (Å²) in [6.45, 7) is 4.17. The summed E-state index contributed by atoms with van der Waals surface area (Å²) in [7, 11) is 0. The number of nitrogens with two attached hydrogens (primary N) is 1. The summed E-state index contributed by atoms with van der Waals surface area (Å²) in [6.07, 6.45) is -0.774. The summed E-state index contributed by atoms with van der Waals surface area (Å²) < 4.78 is 11.0. The van der Waals surface area contributed by atoms with Gasteiger partial charge in [-0.15, -0.1) is 0 Å². The maximum absolute atomic E-state index is 12.6. The van der Waals surface area contributed by atoms with Crippen LogP contribution < -0.4 is 10.5 Å². The van der Waals surface area contributed by atoms with Crippen molar-refractivity contribution in [3.8, 4) is 5.75 Å². The van der Waals surface area contributed by atoms with Gasteiger partial charge in [-0.05, 0) is 38.1 Å². The fourth-order valence-corrected chi connectivity index (χ4v) is 2.35. The van der Waals surface area contributed by atoms with E-state index in [1.54, 1.807) is 38.1 Å². The van der Waals surface area contributed by atoms with E-state index in [0.29, 0.717) is 17.3 Å². The summed E-state index contributed by atoms with van der Waals surface area (Å²) in [5.41, 5.74) is 4.15. The van der Waals surface area contributed by atoms with E-state index in [2.05, 4.69) is 0 Å². The molecular formula is C15H19ClN2O4. The lowest BCUT2D eigenvalue weighted by Gasteiger charge is -2.36. The first-order valence-electron chi connectivity index (χ1n) is 6.94. The van der Waals surface area contributed by atoms with Crippen molar-refractivity contribution >= 4 is 23.4 Å². The molecule has 6 nitrogen and oxygen atoms in total. The Balaban J connectivity index is 2.06. The Hall–Kier alpha value is -1.79. The summed E-state index contributed by atoms with van der Waals surface area (Å²) in [6, 6.07) is 6.77. The van der Waals surface area contributed by atoms with E-state index < -0.39 is 17.6 Å². The number of primary amides is 1. The van der Waals surface area contributed by atoms with Crippen molar-refractivity contribution in [3.05, 3.63) is 29.3 Å². The van der Waals surface area contributed by atoms with Crippen LogP contribution in [0.4, 0.5) is 0 Å². The Morgan fingerprint density at radius 2 is 2.00 bits per heavy atom. The smallest absolute Gasteiger partial charge is 0.266 e. The largest absolute Gasteiger partial charge is 0.478 e. The van der Waals surface area contributed by atoms with Crippen LogP contribution in [0.5, 0.6) is 5.75 Å². The number of carbonyl (C=O) groups is 2. The molecule has 0 aliphatic carbocycles. The van der Waals surface area contributed by atoms with Crippen LogP contribution in [0.1, 0.15) is 13.8 Å². The molecule has 0 bridgehead atoms. The van der Waals surface area contributed by atoms with Gasteiger partial charge in [0.15, 0.2) is 11.7 Å². The lowest BCUT2D eigenvalue weighted by atomic mass is 10.1. The molecule has 1 unspecified atom stereocenters. The van der Waals surface area contributed by atoms with Crippen LogP contribution in [0.2, 0.25) is 5.02 Å². The first kappa shape index (κ1) is 16.6. The standard InChI is InChI=1S/C15H19ClN2O4/c1-15(2,22-11-5-3-10(16)4-6-11)14(20)18-7-8-21-12(9-18)13(17)19/h3-6,12H,7-9H2,1-2H3,(H2,17,19). The number of carbonyl (C=O) groups excluding carboxylic acids is 2. The molecule has 2 amide bonds. The fourth-order valence-electron chi connectivity index (χ4n) is 2.23. The van der Waals surface area contributed by atoms with Gasteiger partial charge in [0.25, 0.3) is 5.91 Å². The zero-order chi connectivity index (χ0) is 16.3. The molecule has 1 atom stereocenters. The van der Waals surface area contributed by atoms with Gasteiger partial charge in [-0.3, -0.25) is 9.59 Å². The second kappa shape index (κ2) is 6.54. The van der Waals surface area contributed by atoms with Crippen LogP contribution in [0.3, 0.4) is 0 Å². The van der Waals surface area contributed by atoms with E-state index in [1.165, 1.54) is 4.90 Å². The Morgan fingerprint density at radius 1 is 1.36 bits per heavy atom. The molecule has 1 saturated heterocycles. The zero-order valence-electron chi connectivity index (χ0n) is 12.5. The first-order valence-corrected chi connectivity index (χ1v) is 7.32. The molecule has 0 aromatic heterocycles. The van der Waals surface area contributed by atoms with Crippen LogP contribution in [0.15, 0.2) is 24.3 Å². The van der Waals surface area contributed by atoms with Crippen LogP contribution in [0.25, 0.3) is 0 Å². The van der Waals surface area contributed by atoms with E-state index in [9.17, 15) is 9.59 Å². The van der Waals surface area contributed by atoms with Gasteiger partial charge >= 0.3 is 0 Å². The van der Waals surface area contributed by atoms with Crippen molar-refractivity contribution in [2.75, 3.05) is 19.7 Å². The monoisotopic (exact) mass is 326 g/mol. The Labute approximate surface area is 134 Å². The quantitative estimate of drug-likeness (QED) is 0.901. The molecule has 0 spiro atoms. The summed E-state index contributed by atoms with van der Waals surface area (Å²) in [5, 5.41) is 0.592. The number of hydrogen-bond acceptors (Lipinski definition) is 4. The van der Waals surface area contributed by atoms with Gasteiger partial charge in [0.2, 0.25) is 5.91 Å². The van der Waals surface area contributed by atoms with Crippen LogP contribution in [-0.4, -0.2) is 48.1 Å². The van der Waals surface area contributed by atoms with Gasteiger partial charge in [0.1, 0.15) is 5.75 Å². The normalized spacial score (nSPS) is 18.9. The lowest BCUT2D eigenvalue weighted by Crippen LogP contribution is -2.56. The van der Waals surface area contributed by atoms with E-state index in [0.717, 1.165) is 0 Å². The Morgan fingerprint density at radius 3 is 2.59 bits per heavy atom. The highest BCUT2D eigenvalue weighted by Gasteiger charge is 2.37. The second-order valence-electron chi connectivity index (χ2n) is 5.58. The number of rotatable bonds is 4. The Kier molecular flexibility index (Phi) is 4.93. The molecule has 2 N–H and O–H groups in total. The summed E-state index contributed by atoms with van der Waals surface area (Å²) >= 11 is 5.82. The van der Waals surface area contributed by atoms with E-state index in [4.69, 9.17) is 26.8 Å². The predicted octanol–water partition coefficient (Wildman–Crippen LogP) is 1.21. The third-order valence-corrected chi connectivity index (χ3v) is 3.62. The number of amides is 2. The second-order valence-corrected chi connectivity index (χ2v) is 6.02. The third kappa shape index (κ3) is 3.90. The molecule has 1 aliphatic heterocycles. The molecule has 1 aromatic rings. The molecule has 2 rings (SSSR count). The fraction of sp³-hybridized carbons (Fsp3) is 0.467. The number of morpholine rings is 1. The molecule has 120 valence electrons. The van der Waals surface area contributed by atoms with Crippen molar-refractivity contribution < 1.29 is 19.1 Å². The summed E-state index contributed by atoms with van der Waals surface area (Å²) in [5.74, 6) is -0.256. The SMILES string of the molecule is CC(C)(Oc1ccc(Cl)cc1)C(=O)N1CCOC(C(N)=O)C1. The van der Waals surface area contributed by atoms with E-state index >= 15 is 0 Å². The molecule has 1 fully saturated rings. The maximum Gasteiger partial charge on any atom is 0.266 e. The van der Waals surface area contributed by atoms with Gasteiger partial charge in [0.05, 0.1) is 13.2 Å². The molecule has 1 heterocycles. The number of nitrogens with zero attached hydrogens (tertiary/aromatic N) is 1. The van der Waals surface area contributed by atoms with Gasteiger partial charge in [-0.2, -0.15) is 0 Å². The maximum atomic E-state index is 12.6. The van der Waals surface area contributed by atoms with E-state index in [-0.39, 0.29) is 19.1 Å². The number of hydrogen-bond donors (Lipinski definition) is 1. The zero-order valence-corrected chi connectivity index (χ0v) is 13.3. The molecule has 0 radical (unpaired) electrons. The minimum Gasteiger partial charge on any atom is -0.478 e. The predicted molar refractivity (Wildman–Crippen MR) is 81.7 cm³/mol. The molecular weight excluding hydrogens is 308 g/mol.